The molecule has 0 aromatic carbocycles. The summed E-state index contributed by atoms with van der Waals surface area (Å²) in [7, 11) is -3.23. The minimum absolute atomic E-state index is 0.0842. The van der Waals surface area contributed by atoms with Crippen LogP contribution in [0.3, 0.4) is 0 Å². The van der Waals surface area contributed by atoms with Crippen LogP contribution in [0.5, 0.6) is 0 Å². The van der Waals surface area contributed by atoms with E-state index >= 15 is 0 Å². The molecule has 0 spiro atoms. The van der Waals surface area contributed by atoms with Crippen molar-refractivity contribution in [3.8, 4) is 0 Å². The molecule has 0 radical (unpaired) electrons. The van der Waals surface area contributed by atoms with Crippen LogP contribution in [0.25, 0.3) is 0 Å². The minimum atomic E-state index is -3.23. The second kappa shape index (κ2) is 7.08. The molecular formula is C7H16N2O3S2. The lowest BCUT2D eigenvalue weighted by molar-refractivity contribution is -0.120. The Balaban J connectivity index is 3.68. The van der Waals surface area contributed by atoms with E-state index in [0.29, 0.717) is 18.7 Å². The molecule has 0 aromatic heterocycles. The fourth-order valence-corrected chi connectivity index (χ4v) is 1.96. The predicted octanol–water partition coefficient (Wildman–Crippen LogP) is -0.638. The highest BCUT2D eigenvalue weighted by molar-refractivity contribution is 7.89. The number of nitrogens with one attached hydrogen (secondary N) is 2. The summed E-state index contributed by atoms with van der Waals surface area (Å²) >= 11 is 3.88. The van der Waals surface area contributed by atoms with Gasteiger partial charge in [0.05, 0.1) is 5.75 Å². The van der Waals surface area contributed by atoms with Crippen molar-refractivity contribution in [1.29, 1.82) is 0 Å². The van der Waals surface area contributed by atoms with E-state index < -0.39 is 10.0 Å². The Morgan fingerprint density at radius 2 is 2.07 bits per heavy atom. The molecule has 84 valence electrons. The summed E-state index contributed by atoms with van der Waals surface area (Å²) in [5.41, 5.74) is 0. The van der Waals surface area contributed by atoms with Gasteiger partial charge in [-0.15, -0.1) is 0 Å². The summed E-state index contributed by atoms with van der Waals surface area (Å²) in [4.78, 5) is 10.9. The second-order valence-electron chi connectivity index (χ2n) is 2.64. The van der Waals surface area contributed by atoms with Crippen LogP contribution < -0.4 is 10.0 Å². The lowest BCUT2D eigenvalue weighted by atomic mass is 10.4. The first-order chi connectivity index (χ1) is 6.52. The Bertz CT molecular complexity index is 264. The molecule has 0 atom stereocenters. The zero-order chi connectivity index (χ0) is 11.0. The number of sulfonamides is 1. The Kier molecular flexibility index (Phi) is 6.94. The molecule has 0 saturated carbocycles. The largest absolute Gasteiger partial charge is 0.355 e. The smallest absolute Gasteiger partial charge is 0.220 e. The average Bonchev–Trinajstić information content (AvgIpc) is 2.03. The van der Waals surface area contributed by atoms with Gasteiger partial charge < -0.3 is 5.32 Å². The van der Waals surface area contributed by atoms with Crippen molar-refractivity contribution in [3.63, 3.8) is 0 Å². The highest BCUT2D eigenvalue weighted by Gasteiger charge is 2.08. The van der Waals surface area contributed by atoms with Gasteiger partial charge in [0.25, 0.3) is 0 Å². The SMILES string of the molecule is CCNS(=O)(=O)CCNC(=O)CCS. The topological polar surface area (TPSA) is 75.3 Å². The van der Waals surface area contributed by atoms with Gasteiger partial charge in [-0.3, -0.25) is 4.79 Å². The summed E-state index contributed by atoms with van der Waals surface area (Å²) in [5, 5.41) is 2.49. The first-order valence-corrected chi connectivity index (χ1v) is 6.65. The monoisotopic (exact) mass is 240 g/mol. The number of amides is 1. The van der Waals surface area contributed by atoms with Gasteiger partial charge in [-0.05, 0) is 5.75 Å². The highest BCUT2D eigenvalue weighted by atomic mass is 32.2. The van der Waals surface area contributed by atoms with Crippen LogP contribution in [0, 0.1) is 0 Å². The lowest BCUT2D eigenvalue weighted by Gasteiger charge is -2.05. The third kappa shape index (κ3) is 7.16. The molecule has 5 nitrogen and oxygen atoms in total. The number of hydrogen-bond donors (Lipinski definition) is 3. The molecule has 0 saturated heterocycles. The molecule has 0 unspecified atom stereocenters. The number of carbonyl (C=O) groups excluding carboxylic acids is 1. The van der Waals surface area contributed by atoms with Crippen LogP contribution in [0.4, 0.5) is 0 Å². The van der Waals surface area contributed by atoms with Gasteiger partial charge in [0.1, 0.15) is 0 Å². The van der Waals surface area contributed by atoms with Gasteiger partial charge >= 0.3 is 0 Å². The van der Waals surface area contributed by atoms with Crippen molar-refractivity contribution >= 4 is 28.6 Å². The van der Waals surface area contributed by atoms with Crippen LogP contribution >= 0.6 is 12.6 Å². The van der Waals surface area contributed by atoms with E-state index in [1.54, 1.807) is 6.92 Å². The highest BCUT2D eigenvalue weighted by Crippen LogP contribution is 1.85. The third-order valence-electron chi connectivity index (χ3n) is 1.40. The molecule has 2 N–H and O–H groups in total. The molecule has 0 aliphatic heterocycles. The van der Waals surface area contributed by atoms with Crippen molar-refractivity contribution in [2.45, 2.75) is 13.3 Å². The summed E-state index contributed by atoms with van der Waals surface area (Å²) in [6.45, 7) is 2.21. The van der Waals surface area contributed by atoms with Crippen molar-refractivity contribution in [2.75, 3.05) is 24.6 Å². The maximum atomic E-state index is 11.1. The molecule has 0 fully saturated rings. The van der Waals surface area contributed by atoms with Gasteiger partial charge in [-0.1, -0.05) is 6.92 Å². The van der Waals surface area contributed by atoms with Crippen molar-refractivity contribution in [3.05, 3.63) is 0 Å². The Morgan fingerprint density at radius 3 is 2.57 bits per heavy atom. The fraction of sp³-hybridized carbons (Fsp3) is 0.857. The molecule has 0 aliphatic rings. The summed E-state index contributed by atoms with van der Waals surface area (Å²) in [6, 6.07) is 0. The molecule has 0 bridgehead atoms. The van der Waals surface area contributed by atoms with E-state index in [2.05, 4.69) is 22.7 Å². The molecule has 14 heavy (non-hydrogen) atoms. The van der Waals surface area contributed by atoms with Crippen LogP contribution in [0.1, 0.15) is 13.3 Å². The number of hydrogen-bond acceptors (Lipinski definition) is 4. The Labute approximate surface area is 90.1 Å². The maximum Gasteiger partial charge on any atom is 0.220 e. The average molecular weight is 240 g/mol. The Morgan fingerprint density at radius 1 is 1.43 bits per heavy atom. The van der Waals surface area contributed by atoms with Gasteiger partial charge in [0.15, 0.2) is 0 Å². The van der Waals surface area contributed by atoms with E-state index in [1.165, 1.54) is 0 Å². The van der Waals surface area contributed by atoms with Gasteiger partial charge in [-0.25, -0.2) is 13.1 Å². The third-order valence-corrected chi connectivity index (χ3v) is 3.09. The van der Waals surface area contributed by atoms with Crippen LogP contribution in [0.15, 0.2) is 0 Å². The van der Waals surface area contributed by atoms with Crippen LogP contribution in [-0.2, 0) is 14.8 Å². The number of carbonyl (C=O) groups is 1. The molecule has 0 heterocycles. The van der Waals surface area contributed by atoms with Crippen LogP contribution in [-0.4, -0.2) is 38.9 Å². The minimum Gasteiger partial charge on any atom is -0.355 e. The second-order valence-corrected chi connectivity index (χ2v) is 5.01. The van der Waals surface area contributed by atoms with E-state index in [0.717, 1.165) is 0 Å². The lowest BCUT2D eigenvalue weighted by Crippen LogP contribution is -2.34. The number of thiol groups is 1. The fourth-order valence-electron chi connectivity index (χ4n) is 0.807. The molecule has 0 rings (SSSR count). The first-order valence-electron chi connectivity index (χ1n) is 4.36. The summed E-state index contributed by atoms with van der Waals surface area (Å²) < 4.78 is 24.5. The van der Waals surface area contributed by atoms with Gasteiger partial charge in [0, 0.05) is 19.5 Å². The summed E-state index contributed by atoms with van der Waals surface area (Å²) in [6.07, 6.45) is 0.310. The Hall–Kier alpha value is -0.270. The maximum absolute atomic E-state index is 11.1. The quantitative estimate of drug-likeness (QED) is 0.518. The van der Waals surface area contributed by atoms with E-state index in [-0.39, 0.29) is 18.2 Å². The van der Waals surface area contributed by atoms with Crippen molar-refractivity contribution in [1.82, 2.24) is 10.0 Å². The zero-order valence-electron chi connectivity index (χ0n) is 8.12. The van der Waals surface area contributed by atoms with E-state index in [1.807, 2.05) is 0 Å². The zero-order valence-corrected chi connectivity index (χ0v) is 9.83. The van der Waals surface area contributed by atoms with Gasteiger partial charge in [-0.2, -0.15) is 12.6 Å². The standard InChI is InChI=1S/C7H16N2O3S2/c1-2-9-14(11,12)6-4-8-7(10)3-5-13/h9,13H,2-6H2,1H3,(H,8,10). The molecular weight excluding hydrogens is 224 g/mol. The number of rotatable bonds is 7. The molecule has 7 heteroatoms. The van der Waals surface area contributed by atoms with Crippen LogP contribution in [0.2, 0.25) is 0 Å². The van der Waals surface area contributed by atoms with Crippen molar-refractivity contribution in [2.24, 2.45) is 0 Å². The van der Waals surface area contributed by atoms with Gasteiger partial charge in [0.2, 0.25) is 15.9 Å². The van der Waals surface area contributed by atoms with Crippen molar-refractivity contribution < 1.29 is 13.2 Å². The molecule has 1 amide bonds. The predicted molar refractivity (Wildman–Crippen MR) is 58.9 cm³/mol. The van der Waals surface area contributed by atoms with E-state index in [9.17, 15) is 13.2 Å². The summed E-state index contributed by atoms with van der Waals surface area (Å²) in [5.74, 6) is 0.206. The van der Waals surface area contributed by atoms with E-state index in [4.69, 9.17) is 0 Å². The molecule has 0 aromatic rings. The first kappa shape index (κ1) is 13.7. The molecule has 0 aliphatic carbocycles. The normalized spacial score (nSPS) is 11.3.